The van der Waals surface area contributed by atoms with E-state index < -0.39 is 9.84 Å². The highest BCUT2D eigenvalue weighted by Gasteiger charge is 2.36. The third-order valence-corrected chi connectivity index (χ3v) is 8.28. The molecule has 2 unspecified atom stereocenters. The Kier molecular flexibility index (Phi) is 6.13. The van der Waals surface area contributed by atoms with Crippen molar-refractivity contribution in [1.29, 1.82) is 0 Å². The van der Waals surface area contributed by atoms with Gasteiger partial charge in [0, 0.05) is 24.6 Å². The summed E-state index contributed by atoms with van der Waals surface area (Å²) in [6.07, 6.45) is 2.43. The van der Waals surface area contributed by atoms with Crippen LogP contribution in [0, 0.1) is 6.92 Å². The Hall–Kier alpha value is -1.64. The van der Waals surface area contributed by atoms with E-state index in [0.717, 1.165) is 34.3 Å². The number of para-hydroxylation sites is 1. The number of nitrogens with zero attached hydrogens (tertiary/aromatic N) is 2. The molecule has 29 heavy (non-hydrogen) atoms. The summed E-state index contributed by atoms with van der Waals surface area (Å²) in [6.45, 7) is 3.23. The first-order chi connectivity index (χ1) is 13.9. The standard InChI is InChI=1S/C21H26N2O4S2/c1-15-11-20(22-19-7-3-2-6-18(15)19)28-13-21(24)23(12-17-5-4-9-27-17)16-8-10-29(25,26)14-16/h2-3,6-7,11,16-17H,4-5,8-10,12-14H2,1H3. The minimum absolute atomic E-state index is 0.00768. The molecule has 0 aliphatic carbocycles. The number of aryl methyl sites for hydroxylation is 1. The molecule has 0 spiro atoms. The second-order valence-corrected chi connectivity index (χ2v) is 11.0. The lowest BCUT2D eigenvalue weighted by atomic mass is 10.1. The Morgan fingerprint density at radius 1 is 1.31 bits per heavy atom. The summed E-state index contributed by atoms with van der Waals surface area (Å²) in [4.78, 5) is 19.5. The van der Waals surface area contributed by atoms with Gasteiger partial charge in [0.25, 0.3) is 0 Å². The third kappa shape index (κ3) is 4.92. The summed E-state index contributed by atoms with van der Waals surface area (Å²) in [5.74, 6) is 0.420. The Morgan fingerprint density at radius 2 is 2.14 bits per heavy atom. The van der Waals surface area contributed by atoms with Gasteiger partial charge in [-0.15, -0.1) is 0 Å². The molecule has 1 amide bonds. The van der Waals surface area contributed by atoms with Crippen molar-refractivity contribution in [3.05, 3.63) is 35.9 Å². The third-order valence-electron chi connectivity index (χ3n) is 5.64. The summed E-state index contributed by atoms with van der Waals surface area (Å²) in [5, 5.41) is 1.92. The molecule has 2 atom stereocenters. The monoisotopic (exact) mass is 434 g/mol. The molecule has 0 saturated carbocycles. The van der Waals surface area contributed by atoms with Gasteiger partial charge in [0.15, 0.2) is 9.84 Å². The van der Waals surface area contributed by atoms with Crippen LogP contribution in [0.2, 0.25) is 0 Å². The smallest absolute Gasteiger partial charge is 0.233 e. The lowest BCUT2D eigenvalue weighted by Crippen LogP contribution is -2.46. The van der Waals surface area contributed by atoms with Gasteiger partial charge in [-0.3, -0.25) is 4.79 Å². The Balaban J connectivity index is 1.47. The molecular weight excluding hydrogens is 408 g/mol. The summed E-state index contributed by atoms with van der Waals surface area (Å²) in [6, 6.07) is 9.72. The van der Waals surface area contributed by atoms with Gasteiger partial charge in [-0.25, -0.2) is 13.4 Å². The minimum Gasteiger partial charge on any atom is -0.376 e. The summed E-state index contributed by atoms with van der Waals surface area (Å²) in [5.41, 5.74) is 2.05. The zero-order valence-corrected chi connectivity index (χ0v) is 18.2. The highest BCUT2D eigenvalue weighted by molar-refractivity contribution is 7.99. The predicted molar refractivity (Wildman–Crippen MR) is 115 cm³/mol. The highest BCUT2D eigenvalue weighted by atomic mass is 32.2. The fourth-order valence-electron chi connectivity index (χ4n) is 4.09. The average molecular weight is 435 g/mol. The number of rotatable bonds is 6. The van der Waals surface area contributed by atoms with Crippen molar-refractivity contribution in [2.45, 2.75) is 43.4 Å². The van der Waals surface area contributed by atoms with Gasteiger partial charge in [-0.05, 0) is 43.9 Å². The van der Waals surface area contributed by atoms with Gasteiger partial charge in [-0.2, -0.15) is 0 Å². The van der Waals surface area contributed by atoms with Crippen LogP contribution in [-0.4, -0.2) is 66.8 Å². The van der Waals surface area contributed by atoms with Gasteiger partial charge in [0.2, 0.25) is 5.91 Å². The van der Waals surface area contributed by atoms with Crippen molar-refractivity contribution in [2.75, 3.05) is 30.4 Å². The first kappa shape index (κ1) is 20.6. The number of thioether (sulfide) groups is 1. The Morgan fingerprint density at radius 3 is 2.86 bits per heavy atom. The quantitative estimate of drug-likeness (QED) is 0.651. The van der Waals surface area contributed by atoms with Gasteiger partial charge < -0.3 is 9.64 Å². The molecule has 0 radical (unpaired) electrons. The number of carbonyl (C=O) groups is 1. The van der Waals surface area contributed by atoms with Crippen molar-refractivity contribution in [3.63, 3.8) is 0 Å². The molecule has 2 fully saturated rings. The molecule has 1 aromatic heterocycles. The Bertz CT molecular complexity index is 1000. The SMILES string of the molecule is Cc1cc(SCC(=O)N(CC2CCCO2)C2CCS(=O)(=O)C2)nc2ccccc12. The topological polar surface area (TPSA) is 76.6 Å². The maximum absolute atomic E-state index is 13.1. The molecule has 2 aliphatic heterocycles. The number of amides is 1. The molecule has 2 aliphatic rings. The number of hydrogen-bond donors (Lipinski definition) is 0. The van der Waals surface area contributed by atoms with Crippen LogP contribution < -0.4 is 0 Å². The first-order valence-electron chi connectivity index (χ1n) is 10.0. The predicted octanol–water partition coefficient (Wildman–Crippen LogP) is 2.83. The number of benzene rings is 1. The van der Waals surface area contributed by atoms with Crippen LogP contribution in [0.5, 0.6) is 0 Å². The van der Waals surface area contributed by atoms with E-state index in [4.69, 9.17) is 4.74 Å². The van der Waals surface area contributed by atoms with Crippen LogP contribution in [0.3, 0.4) is 0 Å². The van der Waals surface area contributed by atoms with Crippen LogP contribution in [-0.2, 0) is 19.4 Å². The number of hydrogen-bond acceptors (Lipinski definition) is 6. The molecule has 156 valence electrons. The van der Waals surface area contributed by atoms with E-state index in [2.05, 4.69) is 4.98 Å². The van der Waals surface area contributed by atoms with Crippen molar-refractivity contribution in [3.8, 4) is 0 Å². The van der Waals surface area contributed by atoms with Crippen molar-refractivity contribution < 1.29 is 17.9 Å². The molecule has 4 rings (SSSR count). The maximum atomic E-state index is 13.1. The molecule has 3 heterocycles. The lowest BCUT2D eigenvalue weighted by Gasteiger charge is -2.30. The van der Waals surface area contributed by atoms with E-state index in [-0.39, 0.29) is 35.3 Å². The van der Waals surface area contributed by atoms with Crippen LogP contribution >= 0.6 is 11.8 Å². The molecule has 2 aromatic rings. The first-order valence-corrected chi connectivity index (χ1v) is 12.8. The maximum Gasteiger partial charge on any atom is 0.233 e. The zero-order chi connectivity index (χ0) is 20.4. The van der Waals surface area contributed by atoms with Crippen LogP contribution in [0.25, 0.3) is 10.9 Å². The second kappa shape index (κ2) is 8.62. The number of aromatic nitrogens is 1. The summed E-state index contributed by atoms with van der Waals surface area (Å²) >= 11 is 1.41. The van der Waals surface area contributed by atoms with E-state index in [1.165, 1.54) is 11.8 Å². The number of fused-ring (bicyclic) bond motifs is 1. The molecule has 6 nitrogen and oxygen atoms in total. The van der Waals surface area contributed by atoms with Gasteiger partial charge in [-0.1, -0.05) is 30.0 Å². The molecule has 8 heteroatoms. The minimum atomic E-state index is -3.06. The molecular formula is C21H26N2O4S2. The fourth-order valence-corrected chi connectivity index (χ4v) is 6.69. The fraction of sp³-hybridized carbons (Fsp3) is 0.524. The molecule has 2 saturated heterocycles. The number of ether oxygens (including phenoxy) is 1. The van der Waals surface area contributed by atoms with Crippen LogP contribution in [0.1, 0.15) is 24.8 Å². The second-order valence-electron chi connectivity index (χ2n) is 7.82. The van der Waals surface area contributed by atoms with E-state index in [1.807, 2.05) is 37.3 Å². The van der Waals surface area contributed by atoms with Gasteiger partial charge >= 0.3 is 0 Å². The summed E-state index contributed by atoms with van der Waals surface area (Å²) in [7, 11) is -3.06. The lowest BCUT2D eigenvalue weighted by molar-refractivity contribution is -0.131. The molecule has 0 N–H and O–H groups in total. The largest absolute Gasteiger partial charge is 0.376 e. The van der Waals surface area contributed by atoms with Gasteiger partial charge in [0.05, 0.1) is 33.9 Å². The number of pyridine rings is 1. The van der Waals surface area contributed by atoms with E-state index >= 15 is 0 Å². The van der Waals surface area contributed by atoms with Gasteiger partial charge in [0.1, 0.15) is 0 Å². The van der Waals surface area contributed by atoms with Crippen molar-refractivity contribution in [2.24, 2.45) is 0 Å². The molecule has 0 bridgehead atoms. The van der Waals surface area contributed by atoms with Crippen molar-refractivity contribution in [1.82, 2.24) is 9.88 Å². The average Bonchev–Trinajstić information content (AvgIpc) is 3.33. The van der Waals surface area contributed by atoms with E-state index in [0.29, 0.717) is 19.6 Å². The van der Waals surface area contributed by atoms with Crippen LogP contribution in [0.15, 0.2) is 35.4 Å². The van der Waals surface area contributed by atoms with Crippen molar-refractivity contribution >= 4 is 38.4 Å². The normalized spacial score (nSPS) is 23.5. The summed E-state index contributed by atoms with van der Waals surface area (Å²) < 4.78 is 29.6. The highest BCUT2D eigenvalue weighted by Crippen LogP contribution is 2.26. The van der Waals surface area contributed by atoms with Crippen LogP contribution in [0.4, 0.5) is 0 Å². The van der Waals surface area contributed by atoms with E-state index in [9.17, 15) is 13.2 Å². The molecule has 1 aromatic carbocycles. The zero-order valence-electron chi connectivity index (χ0n) is 16.5. The number of carbonyl (C=O) groups excluding carboxylic acids is 1. The Labute approximate surface area is 175 Å². The van der Waals surface area contributed by atoms with E-state index in [1.54, 1.807) is 4.90 Å². The number of sulfone groups is 1.